The molecule has 2 heterocycles. The van der Waals surface area contributed by atoms with Crippen LogP contribution in [0.1, 0.15) is 50.1 Å². The molecule has 2 atom stereocenters. The molecule has 2 N–H and O–H groups in total. The van der Waals surface area contributed by atoms with E-state index in [0.717, 1.165) is 18.7 Å². The van der Waals surface area contributed by atoms with Crippen LogP contribution in [0.25, 0.3) is 0 Å². The van der Waals surface area contributed by atoms with E-state index in [0.29, 0.717) is 17.7 Å². The Balaban J connectivity index is 2.17. The molecule has 16 heavy (non-hydrogen) atoms. The van der Waals surface area contributed by atoms with Gasteiger partial charge in [-0.05, 0) is 31.9 Å². The molecular formula is C11H19N3OS. The largest absolute Gasteiger partial charge is 0.339 e. The number of nitrogens with zero attached hydrogens (tertiary/aromatic N) is 2. The molecule has 1 aliphatic rings. The maximum absolute atomic E-state index is 5.78. The lowest BCUT2D eigenvalue weighted by molar-refractivity contribution is 0.289. The van der Waals surface area contributed by atoms with E-state index >= 15 is 0 Å². The van der Waals surface area contributed by atoms with Gasteiger partial charge in [-0.25, -0.2) is 0 Å². The van der Waals surface area contributed by atoms with Crippen LogP contribution in [0.5, 0.6) is 0 Å². The van der Waals surface area contributed by atoms with E-state index in [1.807, 2.05) is 11.8 Å². The maximum atomic E-state index is 5.78. The van der Waals surface area contributed by atoms with Crippen molar-refractivity contribution in [3.63, 3.8) is 0 Å². The van der Waals surface area contributed by atoms with Crippen LogP contribution < -0.4 is 5.73 Å². The first kappa shape index (κ1) is 11.9. The fourth-order valence-corrected chi connectivity index (χ4v) is 2.97. The zero-order valence-electron chi connectivity index (χ0n) is 9.90. The Hall–Kier alpha value is -0.550. The monoisotopic (exact) mass is 241 g/mol. The van der Waals surface area contributed by atoms with Crippen LogP contribution in [0.3, 0.4) is 0 Å². The van der Waals surface area contributed by atoms with Crippen molar-refractivity contribution < 1.29 is 4.52 Å². The third kappa shape index (κ3) is 2.11. The Bertz CT molecular complexity index is 343. The summed E-state index contributed by atoms with van der Waals surface area (Å²) in [5, 5.41) is 4.52. The number of hydrogen-bond donors (Lipinski definition) is 1. The number of rotatable bonds is 4. The van der Waals surface area contributed by atoms with Gasteiger partial charge in [0.1, 0.15) is 0 Å². The first-order chi connectivity index (χ1) is 7.69. The van der Waals surface area contributed by atoms with Crippen LogP contribution >= 0.6 is 11.8 Å². The smallest absolute Gasteiger partial charge is 0.233 e. The summed E-state index contributed by atoms with van der Waals surface area (Å²) >= 11 is 1.92. The zero-order valence-corrected chi connectivity index (χ0v) is 10.7. The normalized spacial score (nSPS) is 24.6. The average Bonchev–Trinajstić information content (AvgIpc) is 2.97. The lowest BCUT2D eigenvalue weighted by Gasteiger charge is -2.20. The fourth-order valence-electron chi connectivity index (χ4n) is 1.77. The molecule has 0 bridgehead atoms. The van der Waals surface area contributed by atoms with Crippen molar-refractivity contribution in [2.75, 3.05) is 12.3 Å². The van der Waals surface area contributed by atoms with Gasteiger partial charge in [0.15, 0.2) is 5.82 Å². The quantitative estimate of drug-likeness (QED) is 0.876. The Morgan fingerprint density at radius 1 is 1.62 bits per heavy atom. The van der Waals surface area contributed by atoms with Gasteiger partial charge in [0, 0.05) is 6.54 Å². The van der Waals surface area contributed by atoms with Crippen molar-refractivity contribution in [1.29, 1.82) is 0 Å². The van der Waals surface area contributed by atoms with Gasteiger partial charge in [0.2, 0.25) is 5.89 Å². The van der Waals surface area contributed by atoms with Crippen LogP contribution in [0.2, 0.25) is 0 Å². The van der Waals surface area contributed by atoms with E-state index in [1.54, 1.807) is 0 Å². The molecule has 1 aliphatic heterocycles. The summed E-state index contributed by atoms with van der Waals surface area (Å²) in [6.07, 6.45) is 3.33. The summed E-state index contributed by atoms with van der Waals surface area (Å²) < 4.78 is 5.37. The van der Waals surface area contributed by atoms with E-state index in [2.05, 4.69) is 24.0 Å². The van der Waals surface area contributed by atoms with Crippen molar-refractivity contribution in [3.05, 3.63) is 11.7 Å². The molecule has 1 fully saturated rings. The van der Waals surface area contributed by atoms with Crippen molar-refractivity contribution in [2.24, 2.45) is 5.73 Å². The van der Waals surface area contributed by atoms with Gasteiger partial charge in [0.25, 0.3) is 0 Å². The van der Waals surface area contributed by atoms with Crippen molar-refractivity contribution >= 4 is 11.8 Å². The summed E-state index contributed by atoms with van der Waals surface area (Å²) in [5.41, 5.74) is 5.61. The van der Waals surface area contributed by atoms with E-state index in [9.17, 15) is 0 Å². The van der Waals surface area contributed by atoms with Gasteiger partial charge in [-0.1, -0.05) is 12.1 Å². The van der Waals surface area contributed by atoms with E-state index < -0.39 is 0 Å². The van der Waals surface area contributed by atoms with E-state index in [-0.39, 0.29) is 5.41 Å². The van der Waals surface area contributed by atoms with E-state index in [4.69, 9.17) is 10.3 Å². The molecule has 5 heteroatoms. The standard InChI is InChI=1S/C11H19N3OS/c1-3-11(2,7-12)10-13-9(14-15-10)8-5-4-6-16-8/h8H,3-7,12H2,1-2H3. The second kappa shape index (κ2) is 4.75. The summed E-state index contributed by atoms with van der Waals surface area (Å²) in [6.45, 7) is 4.72. The molecular weight excluding hydrogens is 222 g/mol. The minimum atomic E-state index is -0.172. The highest BCUT2D eigenvalue weighted by Gasteiger charge is 2.31. The van der Waals surface area contributed by atoms with Gasteiger partial charge in [-0.3, -0.25) is 0 Å². The van der Waals surface area contributed by atoms with Crippen LogP contribution in [0.4, 0.5) is 0 Å². The first-order valence-electron chi connectivity index (χ1n) is 5.85. The van der Waals surface area contributed by atoms with Gasteiger partial charge in [-0.15, -0.1) is 0 Å². The lowest BCUT2D eigenvalue weighted by Crippen LogP contribution is -2.31. The molecule has 0 aromatic carbocycles. The molecule has 90 valence electrons. The minimum Gasteiger partial charge on any atom is -0.339 e. The van der Waals surface area contributed by atoms with Gasteiger partial charge in [0.05, 0.1) is 10.7 Å². The molecule has 0 saturated carbocycles. The predicted molar refractivity (Wildman–Crippen MR) is 65.4 cm³/mol. The molecule has 2 rings (SSSR count). The molecule has 1 aromatic rings. The van der Waals surface area contributed by atoms with Crippen molar-refractivity contribution in [3.8, 4) is 0 Å². The predicted octanol–water partition coefficient (Wildman–Crippen LogP) is 2.26. The Morgan fingerprint density at radius 2 is 2.44 bits per heavy atom. The lowest BCUT2D eigenvalue weighted by atomic mass is 9.88. The second-order valence-electron chi connectivity index (χ2n) is 4.58. The third-order valence-corrected chi connectivity index (χ3v) is 4.78. The highest BCUT2D eigenvalue weighted by atomic mass is 32.2. The zero-order chi connectivity index (χ0) is 11.6. The second-order valence-corrected chi connectivity index (χ2v) is 5.89. The molecule has 0 spiro atoms. The van der Waals surface area contributed by atoms with Crippen molar-refractivity contribution in [1.82, 2.24) is 10.1 Å². The molecule has 0 aliphatic carbocycles. The topological polar surface area (TPSA) is 64.9 Å². The first-order valence-corrected chi connectivity index (χ1v) is 6.90. The summed E-state index contributed by atoms with van der Waals surface area (Å²) in [7, 11) is 0. The fraction of sp³-hybridized carbons (Fsp3) is 0.818. The van der Waals surface area contributed by atoms with E-state index in [1.165, 1.54) is 12.2 Å². The van der Waals surface area contributed by atoms with Crippen LogP contribution in [-0.4, -0.2) is 22.4 Å². The number of hydrogen-bond acceptors (Lipinski definition) is 5. The SMILES string of the molecule is CCC(C)(CN)c1nc(C2CCCS2)no1. The molecule has 0 radical (unpaired) electrons. The Labute approximate surface area is 100 Å². The molecule has 2 unspecified atom stereocenters. The Morgan fingerprint density at radius 3 is 3.00 bits per heavy atom. The van der Waals surface area contributed by atoms with Gasteiger partial charge < -0.3 is 10.3 Å². The molecule has 4 nitrogen and oxygen atoms in total. The third-order valence-electron chi connectivity index (χ3n) is 3.41. The maximum Gasteiger partial charge on any atom is 0.233 e. The highest BCUT2D eigenvalue weighted by Crippen LogP contribution is 2.39. The molecule has 1 saturated heterocycles. The number of nitrogens with two attached hydrogens (primary N) is 1. The Kier molecular flexibility index (Phi) is 3.54. The van der Waals surface area contributed by atoms with Gasteiger partial charge >= 0.3 is 0 Å². The summed E-state index contributed by atoms with van der Waals surface area (Å²) in [5.74, 6) is 2.75. The highest BCUT2D eigenvalue weighted by molar-refractivity contribution is 7.99. The average molecular weight is 241 g/mol. The minimum absolute atomic E-state index is 0.172. The number of thioether (sulfide) groups is 1. The van der Waals surface area contributed by atoms with Gasteiger partial charge in [-0.2, -0.15) is 16.7 Å². The number of aromatic nitrogens is 2. The molecule has 1 aromatic heterocycles. The van der Waals surface area contributed by atoms with Crippen LogP contribution in [0, 0.1) is 0 Å². The van der Waals surface area contributed by atoms with Crippen LogP contribution in [0.15, 0.2) is 4.52 Å². The molecule has 0 amide bonds. The summed E-state index contributed by atoms with van der Waals surface area (Å²) in [6, 6.07) is 0. The van der Waals surface area contributed by atoms with Crippen molar-refractivity contribution in [2.45, 2.75) is 43.8 Å². The summed E-state index contributed by atoms with van der Waals surface area (Å²) in [4.78, 5) is 4.53. The van der Waals surface area contributed by atoms with Crippen LogP contribution in [-0.2, 0) is 5.41 Å².